The first-order valence-electron chi connectivity index (χ1n) is 7.22. The fourth-order valence-corrected chi connectivity index (χ4v) is 4.11. The van der Waals surface area contributed by atoms with Gasteiger partial charge in [0.1, 0.15) is 6.54 Å². The summed E-state index contributed by atoms with van der Waals surface area (Å²) >= 11 is 0. The van der Waals surface area contributed by atoms with Gasteiger partial charge >= 0.3 is 5.97 Å². The highest BCUT2D eigenvalue weighted by atomic mass is 32.2. The number of aliphatic carboxylic acids is 1. The Morgan fingerprint density at radius 3 is 2.33 bits per heavy atom. The maximum Gasteiger partial charge on any atom is 0.323 e. The molecule has 1 heterocycles. The third kappa shape index (κ3) is 5.28. The van der Waals surface area contributed by atoms with Crippen molar-refractivity contribution in [3.05, 3.63) is 0 Å². The SMILES string of the molecule is CCCCS(=O)(=O)N1CCC(C(=O)N(C)CC(=O)O)CC1. The predicted molar refractivity (Wildman–Crippen MR) is 78.3 cm³/mol. The largest absolute Gasteiger partial charge is 0.480 e. The van der Waals surface area contributed by atoms with Crippen molar-refractivity contribution in [1.82, 2.24) is 9.21 Å². The Bertz CT molecular complexity index is 469. The topological polar surface area (TPSA) is 95.0 Å². The average Bonchev–Trinajstić information content (AvgIpc) is 2.43. The molecule has 0 saturated carbocycles. The monoisotopic (exact) mass is 320 g/mol. The van der Waals surface area contributed by atoms with Gasteiger partial charge in [-0.25, -0.2) is 12.7 Å². The number of carboxylic acid groups (broad SMARTS) is 1. The van der Waals surface area contributed by atoms with Crippen molar-refractivity contribution in [1.29, 1.82) is 0 Å². The zero-order valence-electron chi connectivity index (χ0n) is 12.6. The standard InChI is InChI=1S/C13H24N2O5S/c1-3-4-9-21(19,20)15-7-5-11(6-8-15)13(18)14(2)10-12(16)17/h11H,3-10H2,1-2H3,(H,16,17). The lowest BCUT2D eigenvalue weighted by atomic mass is 9.97. The lowest BCUT2D eigenvalue weighted by molar-refractivity contribution is -0.145. The molecule has 0 atom stereocenters. The molecule has 0 spiro atoms. The van der Waals surface area contributed by atoms with Gasteiger partial charge < -0.3 is 10.0 Å². The Labute approximate surface area is 126 Å². The number of sulfonamides is 1. The van der Waals surface area contributed by atoms with E-state index < -0.39 is 16.0 Å². The second kappa shape index (κ2) is 7.74. The van der Waals surface area contributed by atoms with E-state index in [2.05, 4.69) is 0 Å². The molecule has 7 nitrogen and oxygen atoms in total. The first kappa shape index (κ1) is 17.9. The fraction of sp³-hybridized carbons (Fsp3) is 0.846. The average molecular weight is 320 g/mol. The van der Waals surface area contributed by atoms with E-state index in [0.717, 1.165) is 6.42 Å². The van der Waals surface area contributed by atoms with Crippen LogP contribution in [0.25, 0.3) is 0 Å². The molecule has 0 aromatic rings. The zero-order valence-corrected chi connectivity index (χ0v) is 13.4. The van der Waals surface area contributed by atoms with E-state index in [4.69, 9.17) is 5.11 Å². The molecule has 0 bridgehead atoms. The Morgan fingerprint density at radius 1 is 1.29 bits per heavy atom. The van der Waals surface area contributed by atoms with Gasteiger partial charge in [-0.05, 0) is 19.3 Å². The number of piperidine rings is 1. The van der Waals surface area contributed by atoms with Crippen molar-refractivity contribution in [2.75, 3.05) is 32.4 Å². The number of hydrogen-bond acceptors (Lipinski definition) is 4. The molecule has 1 rings (SSSR count). The van der Waals surface area contributed by atoms with E-state index in [1.54, 1.807) is 0 Å². The van der Waals surface area contributed by atoms with Crippen molar-refractivity contribution in [2.24, 2.45) is 5.92 Å². The second-order valence-corrected chi connectivity index (χ2v) is 7.52. The van der Waals surface area contributed by atoms with Gasteiger partial charge in [-0.1, -0.05) is 13.3 Å². The van der Waals surface area contributed by atoms with Crippen molar-refractivity contribution < 1.29 is 23.1 Å². The number of carboxylic acids is 1. The fourth-order valence-electron chi connectivity index (χ4n) is 2.43. The second-order valence-electron chi connectivity index (χ2n) is 5.43. The number of nitrogens with zero attached hydrogens (tertiary/aromatic N) is 2. The van der Waals surface area contributed by atoms with E-state index in [1.807, 2.05) is 6.92 Å². The van der Waals surface area contributed by atoms with Crippen LogP contribution < -0.4 is 0 Å². The molecule has 0 radical (unpaired) electrons. The van der Waals surface area contributed by atoms with Crippen LogP contribution in [0.15, 0.2) is 0 Å². The van der Waals surface area contributed by atoms with E-state index in [9.17, 15) is 18.0 Å². The van der Waals surface area contributed by atoms with E-state index in [-0.39, 0.29) is 24.1 Å². The van der Waals surface area contributed by atoms with Crippen LogP contribution in [0.5, 0.6) is 0 Å². The molecule has 1 aliphatic rings. The summed E-state index contributed by atoms with van der Waals surface area (Å²) < 4.78 is 25.6. The van der Waals surface area contributed by atoms with E-state index in [0.29, 0.717) is 32.4 Å². The minimum absolute atomic E-state index is 0.154. The van der Waals surface area contributed by atoms with Crippen LogP contribution >= 0.6 is 0 Å². The summed E-state index contributed by atoms with van der Waals surface area (Å²) in [7, 11) is -1.76. The van der Waals surface area contributed by atoms with Crippen molar-refractivity contribution >= 4 is 21.9 Å². The molecular formula is C13H24N2O5S. The lowest BCUT2D eigenvalue weighted by Crippen LogP contribution is -2.45. The van der Waals surface area contributed by atoms with Crippen LogP contribution in [-0.4, -0.2) is 67.0 Å². The van der Waals surface area contributed by atoms with Crippen LogP contribution in [0.1, 0.15) is 32.6 Å². The third-order valence-electron chi connectivity index (χ3n) is 3.70. The Balaban J connectivity index is 2.52. The van der Waals surface area contributed by atoms with E-state index >= 15 is 0 Å². The number of unbranched alkanes of at least 4 members (excludes halogenated alkanes) is 1. The van der Waals surface area contributed by atoms with Crippen LogP contribution in [0, 0.1) is 5.92 Å². The van der Waals surface area contributed by atoms with Crippen LogP contribution in [0.4, 0.5) is 0 Å². The van der Waals surface area contributed by atoms with Gasteiger partial charge in [0.05, 0.1) is 5.75 Å². The number of carbonyl (C=O) groups is 2. The minimum Gasteiger partial charge on any atom is -0.480 e. The zero-order chi connectivity index (χ0) is 16.0. The molecule has 0 aromatic heterocycles. The summed E-state index contributed by atoms with van der Waals surface area (Å²) in [5.41, 5.74) is 0. The predicted octanol–water partition coefficient (Wildman–Crippen LogP) is 0.371. The lowest BCUT2D eigenvalue weighted by Gasteiger charge is -2.32. The van der Waals surface area contributed by atoms with Crippen LogP contribution in [0.2, 0.25) is 0 Å². The van der Waals surface area contributed by atoms with Gasteiger partial charge in [0, 0.05) is 26.1 Å². The summed E-state index contributed by atoms with van der Waals surface area (Å²) in [5.74, 6) is -1.40. The van der Waals surface area contributed by atoms with Crippen LogP contribution in [0.3, 0.4) is 0 Å². The third-order valence-corrected chi connectivity index (χ3v) is 5.66. The van der Waals surface area contributed by atoms with Gasteiger partial charge in [-0.2, -0.15) is 0 Å². The molecule has 21 heavy (non-hydrogen) atoms. The van der Waals surface area contributed by atoms with Gasteiger partial charge in [-0.15, -0.1) is 0 Å². The normalized spacial score (nSPS) is 17.6. The molecule has 0 aliphatic carbocycles. The summed E-state index contributed by atoms with van der Waals surface area (Å²) in [6.45, 7) is 2.29. The molecule has 122 valence electrons. The highest BCUT2D eigenvalue weighted by molar-refractivity contribution is 7.89. The van der Waals surface area contributed by atoms with Crippen LogP contribution in [-0.2, 0) is 19.6 Å². The van der Waals surface area contributed by atoms with Gasteiger partial charge in [0.15, 0.2) is 0 Å². The number of amides is 1. The Kier molecular flexibility index (Phi) is 6.60. The molecule has 1 N–H and O–H groups in total. The van der Waals surface area contributed by atoms with Crippen molar-refractivity contribution in [3.63, 3.8) is 0 Å². The number of hydrogen-bond donors (Lipinski definition) is 1. The van der Waals surface area contributed by atoms with Gasteiger partial charge in [-0.3, -0.25) is 9.59 Å². The van der Waals surface area contributed by atoms with E-state index in [1.165, 1.54) is 16.3 Å². The summed E-state index contributed by atoms with van der Waals surface area (Å²) in [4.78, 5) is 23.8. The molecular weight excluding hydrogens is 296 g/mol. The Hall–Kier alpha value is -1.15. The molecule has 8 heteroatoms. The van der Waals surface area contributed by atoms with Gasteiger partial charge in [0.2, 0.25) is 15.9 Å². The molecule has 0 aromatic carbocycles. The molecule has 1 aliphatic heterocycles. The Morgan fingerprint density at radius 2 is 1.86 bits per heavy atom. The summed E-state index contributed by atoms with van der Waals surface area (Å²) in [6, 6.07) is 0. The van der Waals surface area contributed by atoms with Crippen molar-refractivity contribution in [3.8, 4) is 0 Å². The minimum atomic E-state index is -3.22. The van der Waals surface area contributed by atoms with Gasteiger partial charge in [0.25, 0.3) is 0 Å². The quantitative estimate of drug-likeness (QED) is 0.731. The summed E-state index contributed by atoms with van der Waals surface area (Å²) in [6.07, 6.45) is 2.37. The highest BCUT2D eigenvalue weighted by Crippen LogP contribution is 2.22. The number of carbonyl (C=O) groups excluding carboxylic acids is 1. The first-order chi connectivity index (χ1) is 9.77. The molecule has 0 unspecified atom stereocenters. The number of rotatable bonds is 7. The summed E-state index contributed by atoms with van der Waals surface area (Å²) in [5, 5.41) is 8.68. The molecule has 1 amide bonds. The first-order valence-corrected chi connectivity index (χ1v) is 8.83. The molecule has 1 fully saturated rings. The maximum absolute atomic E-state index is 12.1. The van der Waals surface area contributed by atoms with Crippen molar-refractivity contribution in [2.45, 2.75) is 32.6 Å². The number of likely N-dealkylation sites (N-methyl/N-ethyl adjacent to an activating group) is 1. The smallest absolute Gasteiger partial charge is 0.323 e. The highest BCUT2D eigenvalue weighted by Gasteiger charge is 2.32. The molecule has 1 saturated heterocycles. The maximum atomic E-state index is 12.1.